The van der Waals surface area contributed by atoms with Gasteiger partial charge in [-0.1, -0.05) is 27.6 Å². The van der Waals surface area contributed by atoms with E-state index in [4.69, 9.17) is 4.52 Å². The Balaban J connectivity index is 1.68. The van der Waals surface area contributed by atoms with Crippen molar-refractivity contribution in [1.82, 2.24) is 9.46 Å². The van der Waals surface area contributed by atoms with Crippen LogP contribution in [0, 0.1) is 13.8 Å². The van der Waals surface area contributed by atoms with Gasteiger partial charge in [0.1, 0.15) is 11.1 Å². The molecule has 23 heavy (non-hydrogen) atoms. The minimum absolute atomic E-state index is 0.0963. The Bertz CT molecular complexity index is 850. The van der Waals surface area contributed by atoms with Crippen molar-refractivity contribution in [1.29, 1.82) is 0 Å². The van der Waals surface area contributed by atoms with Gasteiger partial charge in [0.2, 0.25) is 10.8 Å². The average molecular weight is 333 g/mol. The summed E-state index contributed by atoms with van der Waals surface area (Å²) in [5, 5.41) is 6.53. The Labute approximate surface area is 134 Å². The smallest absolute Gasteiger partial charge is 0.240 e. The second-order valence-electron chi connectivity index (χ2n) is 6.01. The molecule has 4 rings (SSSR count). The summed E-state index contributed by atoms with van der Waals surface area (Å²) in [6.45, 7) is 3.42. The van der Waals surface area contributed by atoms with Crippen LogP contribution in [-0.4, -0.2) is 33.0 Å². The number of aromatic nitrogens is 1. The Morgan fingerprint density at radius 1 is 1.35 bits per heavy atom. The van der Waals surface area contributed by atoms with Crippen molar-refractivity contribution >= 4 is 22.0 Å². The van der Waals surface area contributed by atoms with Crippen LogP contribution in [-0.2, 0) is 24.8 Å². The third-order valence-electron chi connectivity index (χ3n) is 4.58. The predicted octanol–water partition coefficient (Wildman–Crippen LogP) is 1.40. The standard InChI is InChI=1S/C15H15N3O4S/c1-9-13(10(2)22-17-9)23(20,21)18-7-15(8-18)11-5-3-4-6-12(11)16-14(15)19/h3-6H,7-8H2,1-2H3,(H-,16,19,20,21). The van der Waals surface area contributed by atoms with Crippen LogP contribution >= 0.6 is 0 Å². The number of rotatable bonds is 2. The molecule has 1 fully saturated rings. The molecular formula is C15H15N3O4S. The van der Waals surface area contributed by atoms with E-state index < -0.39 is 15.8 Å². The molecule has 2 aromatic rings. The molecule has 0 radical (unpaired) electrons. The zero-order valence-electron chi connectivity index (χ0n) is 12.7. The molecule has 1 aromatic heterocycles. The summed E-state index contributed by atoms with van der Waals surface area (Å²) in [5.74, 6) is 0.114. The molecule has 7 nitrogen and oxygen atoms in total. The number of hydrogen-bond donors (Lipinski definition) is 1. The number of nitrogens with zero attached hydrogens (tertiary/aromatic N) is 2. The lowest BCUT2D eigenvalue weighted by atomic mass is 9.76. The molecule has 0 bridgehead atoms. The molecule has 1 amide bonds. The van der Waals surface area contributed by atoms with E-state index in [1.807, 2.05) is 24.3 Å². The van der Waals surface area contributed by atoms with Crippen LogP contribution < -0.4 is 5.32 Å². The topological polar surface area (TPSA) is 98.5 Å². The van der Waals surface area contributed by atoms with Crippen molar-refractivity contribution in [2.75, 3.05) is 18.4 Å². The summed E-state index contributed by atoms with van der Waals surface area (Å²) in [5.41, 5.74) is 1.16. The van der Waals surface area contributed by atoms with Gasteiger partial charge in [0, 0.05) is 12.6 Å². The van der Waals surface area contributed by atoms with E-state index >= 15 is 0 Å². The summed E-state index contributed by atoms with van der Waals surface area (Å²) in [6, 6.07) is 7.39. The summed E-state index contributed by atoms with van der Waals surface area (Å²) < 4.78 is 31.8. The highest BCUT2D eigenvalue weighted by Gasteiger charge is 2.61. The first-order valence-electron chi connectivity index (χ1n) is 7.20. The molecule has 1 spiro atoms. The minimum atomic E-state index is -3.71. The zero-order chi connectivity index (χ0) is 16.4. The fourth-order valence-electron chi connectivity index (χ4n) is 3.39. The molecule has 0 aliphatic carbocycles. The number of benzene rings is 1. The van der Waals surface area contributed by atoms with Gasteiger partial charge in [-0.2, -0.15) is 0 Å². The van der Waals surface area contributed by atoms with Crippen molar-refractivity contribution in [3.63, 3.8) is 0 Å². The highest BCUT2D eigenvalue weighted by Crippen LogP contribution is 2.47. The molecule has 0 saturated carbocycles. The maximum absolute atomic E-state index is 12.8. The number of fused-ring (bicyclic) bond motifs is 2. The molecule has 1 N–H and O–H groups in total. The van der Waals surface area contributed by atoms with Gasteiger partial charge in [0.15, 0.2) is 16.2 Å². The number of nitrogens with one attached hydrogen (secondary N) is 1. The molecule has 2 aliphatic rings. The fraction of sp³-hybridized carbons (Fsp3) is 0.333. The first-order chi connectivity index (χ1) is 10.9. The van der Waals surface area contributed by atoms with Gasteiger partial charge in [-0.3, -0.25) is 4.79 Å². The predicted molar refractivity (Wildman–Crippen MR) is 81.4 cm³/mol. The van der Waals surface area contributed by atoms with E-state index in [0.717, 1.165) is 11.3 Å². The number of aryl methyl sites for hydroxylation is 2. The van der Waals surface area contributed by atoms with E-state index in [1.54, 1.807) is 13.8 Å². The first kappa shape index (κ1) is 14.6. The van der Waals surface area contributed by atoms with Gasteiger partial charge in [0.05, 0.1) is 13.1 Å². The van der Waals surface area contributed by atoms with Crippen LogP contribution in [0.2, 0.25) is 0 Å². The fourth-order valence-corrected chi connectivity index (χ4v) is 5.24. The van der Waals surface area contributed by atoms with E-state index in [0.29, 0.717) is 5.69 Å². The summed E-state index contributed by atoms with van der Waals surface area (Å²) in [7, 11) is -3.71. The van der Waals surface area contributed by atoms with E-state index in [9.17, 15) is 13.6 Å². The van der Waals surface area contributed by atoms with Crippen LogP contribution in [0.1, 0.15) is 17.0 Å². The number of hydrogen-bond acceptors (Lipinski definition) is 5. The molecule has 1 unspecified atom stereocenters. The largest absolute Gasteiger partial charge is 0.593 e. The third-order valence-corrected chi connectivity index (χ3v) is 6.62. The van der Waals surface area contributed by atoms with Gasteiger partial charge in [-0.05, 0) is 18.6 Å². The highest BCUT2D eigenvalue weighted by atomic mass is 32.3. The Hall–Kier alpha value is -2.03. The number of amides is 1. The maximum Gasteiger partial charge on any atom is 0.240 e. The lowest BCUT2D eigenvalue weighted by Gasteiger charge is -2.45. The van der Waals surface area contributed by atoms with Crippen LogP contribution in [0.25, 0.3) is 0 Å². The normalized spacial score (nSPS) is 21.6. The Morgan fingerprint density at radius 3 is 2.70 bits per heavy atom. The second-order valence-corrected chi connectivity index (χ2v) is 7.88. The lowest BCUT2D eigenvalue weighted by Crippen LogP contribution is -2.65. The van der Waals surface area contributed by atoms with Gasteiger partial charge < -0.3 is 14.4 Å². The van der Waals surface area contributed by atoms with Gasteiger partial charge in [-0.25, -0.2) is 0 Å². The summed E-state index contributed by atoms with van der Waals surface area (Å²) >= 11 is 0. The molecule has 1 atom stereocenters. The van der Waals surface area contributed by atoms with Crippen LogP contribution in [0.4, 0.5) is 5.69 Å². The molecular weight excluding hydrogens is 318 g/mol. The zero-order valence-corrected chi connectivity index (χ0v) is 13.5. The van der Waals surface area contributed by atoms with E-state index in [-0.39, 0.29) is 29.7 Å². The minimum Gasteiger partial charge on any atom is -0.593 e. The molecule has 1 aromatic carbocycles. The maximum atomic E-state index is 12.8. The number of anilines is 1. The van der Waals surface area contributed by atoms with E-state index in [1.165, 1.54) is 4.31 Å². The van der Waals surface area contributed by atoms with Crippen molar-refractivity contribution in [3.05, 3.63) is 41.3 Å². The van der Waals surface area contributed by atoms with Crippen molar-refractivity contribution in [2.45, 2.75) is 24.2 Å². The SMILES string of the molecule is Cc1noc(C)c1[S+](=O)([O-])N1CC2(C1)C(=O)Nc1ccccc12. The number of carbonyl (C=O) groups excluding carboxylic acids is 1. The van der Waals surface area contributed by atoms with Gasteiger partial charge in [-0.15, -0.1) is 4.31 Å². The van der Waals surface area contributed by atoms with Crippen LogP contribution in [0.5, 0.6) is 0 Å². The van der Waals surface area contributed by atoms with Crippen molar-refractivity contribution < 1.29 is 18.1 Å². The van der Waals surface area contributed by atoms with Crippen molar-refractivity contribution in [2.24, 2.45) is 0 Å². The van der Waals surface area contributed by atoms with Gasteiger partial charge in [0.25, 0.3) is 0 Å². The summed E-state index contributed by atoms with van der Waals surface area (Å²) in [6.07, 6.45) is 0. The third kappa shape index (κ3) is 1.79. The lowest BCUT2D eigenvalue weighted by molar-refractivity contribution is -0.124. The molecule has 1 saturated heterocycles. The number of sulfonamides is 1. The molecule has 2 aliphatic heterocycles. The molecule has 3 heterocycles. The highest BCUT2D eigenvalue weighted by molar-refractivity contribution is 7.95. The van der Waals surface area contributed by atoms with Crippen molar-refractivity contribution in [3.8, 4) is 0 Å². The monoisotopic (exact) mass is 333 g/mol. The Kier molecular flexibility index (Phi) is 2.85. The number of para-hydroxylation sites is 1. The quantitative estimate of drug-likeness (QED) is 0.838. The average Bonchev–Trinajstić information content (AvgIpc) is 2.93. The second kappa shape index (κ2) is 4.50. The molecule has 120 valence electrons. The van der Waals surface area contributed by atoms with E-state index in [2.05, 4.69) is 10.5 Å². The first-order valence-corrected chi connectivity index (χ1v) is 8.64. The van der Waals surface area contributed by atoms with Crippen LogP contribution in [0.3, 0.4) is 0 Å². The summed E-state index contributed by atoms with van der Waals surface area (Å²) in [4.78, 5) is 12.5. The van der Waals surface area contributed by atoms with Gasteiger partial charge >= 0.3 is 0 Å². The number of carbonyl (C=O) groups is 1. The Morgan fingerprint density at radius 2 is 2.04 bits per heavy atom. The molecule has 8 heteroatoms. The van der Waals surface area contributed by atoms with Crippen LogP contribution in [0.15, 0.2) is 33.7 Å².